The number of unbranched alkanes of at least 4 members (excludes halogenated alkanes) is 15. The first-order valence-corrected chi connectivity index (χ1v) is 11.4. The third-order valence-corrected chi connectivity index (χ3v) is 5.44. The van der Waals surface area contributed by atoms with Crippen molar-refractivity contribution >= 4 is 29.6 Å². The Morgan fingerprint density at radius 1 is 0.500 bits per heavy atom. The molecular weight excluding hydrogens is 323 g/mol. The van der Waals surface area contributed by atoms with Crippen molar-refractivity contribution in [1.29, 1.82) is 0 Å². The molecule has 0 amide bonds. The van der Waals surface area contributed by atoms with E-state index >= 15 is 0 Å². The van der Waals surface area contributed by atoms with Crippen LogP contribution >= 0.6 is 0 Å². The van der Waals surface area contributed by atoms with E-state index in [2.05, 4.69) is 38.1 Å². The molecule has 0 spiro atoms. The van der Waals surface area contributed by atoms with E-state index < -0.39 is 0 Å². The predicted octanol–water partition coefficient (Wildman–Crippen LogP) is 8.42. The molecule has 1 aromatic carbocycles. The number of aryl methyl sites for hydroxylation is 2. The summed E-state index contributed by atoms with van der Waals surface area (Å²) in [5.74, 6) is 0. The molecular formula is C25H44Na. The van der Waals surface area contributed by atoms with Gasteiger partial charge in [-0.05, 0) is 25.3 Å². The first kappa shape index (κ1) is 26.2. The number of benzene rings is 1. The molecule has 145 valence electrons. The Morgan fingerprint density at radius 3 is 1.23 bits per heavy atom. The van der Waals surface area contributed by atoms with E-state index in [9.17, 15) is 0 Å². The van der Waals surface area contributed by atoms with Gasteiger partial charge >= 0.3 is 0 Å². The minimum absolute atomic E-state index is 0. The Balaban J connectivity index is 0.00000625. The smallest absolute Gasteiger partial charge is 0 e. The van der Waals surface area contributed by atoms with Crippen LogP contribution in [0.25, 0.3) is 0 Å². The number of hydrogen-bond acceptors (Lipinski definition) is 0. The van der Waals surface area contributed by atoms with Gasteiger partial charge in [-0.15, -0.1) is 0 Å². The van der Waals surface area contributed by atoms with Crippen LogP contribution in [0, 0.1) is 6.92 Å². The summed E-state index contributed by atoms with van der Waals surface area (Å²) in [6.45, 7) is 4.46. The fraction of sp³-hybridized carbons (Fsp3) is 0.760. The molecule has 0 fully saturated rings. The SMILES string of the molecule is CCCCCCCCCCCCCCCCCCc1ccc(C)cc1.[Na]. The quantitative estimate of drug-likeness (QED) is 0.191. The molecule has 0 bridgehead atoms. The monoisotopic (exact) mass is 367 g/mol. The normalized spacial score (nSPS) is 10.7. The van der Waals surface area contributed by atoms with Crippen LogP contribution in [0.2, 0.25) is 0 Å². The zero-order chi connectivity index (χ0) is 18.0. The van der Waals surface area contributed by atoms with Gasteiger partial charge in [0.25, 0.3) is 0 Å². The van der Waals surface area contributed by atoms with Crippen LogP contribution in [0.15, 0.2) is 24.3 Å². The molecule has 1 heteroatoms. The fourth-order valence-electron chi connectivity index (χ4n) is 3.63. The van der Waals surface area contributed by atoms with Gasteiger partial charge in [-0.25, -0.2) is 0 Å². The zero-order valence-electron chi connectivity index (χ0n) is 18.3. The first-order valence-electron chi connectivity index (χ1n) is 11.4. The molecule has 0 aliphatic rings. The van der Waals surface area contributed by atoms with E-state index in [0.29, 0.717) is 0 Å². The average Bonchev–Trinajstić information content (AvgIpc) is 2.63. The zero-order valence-corrected chi connectivity index (χ0v) is 20.3. The predicted molar refractivity (Wildman–Crippen MR) is 120 cm³/mol. The van der Waals surface area contributed by atoms with Gasteiger partial charge in [0.1, 0.15) is 0 Å². The second-order valence-electron chi connectivity index (χ2n) is 8.04. The van der Waals surface area contributed by atoms with Gasteiger partial charge in [0.05, 0.1) is 0 Å². The van der Waals surface area contributed by atoms with Crippen LogP contribution in [0.5, 0.6) is 0 Å². The maximum atomic E-state index is 2.30. The van der Waals surface area contributed by atoms with Crippen molar-refractivity contribution in [3.63, 3.8) is 0 Å². The van der Waals surface area contributed by atoms with Gasteiger partial charge in [-0.2, -0.15) is 0 Å². The van der Waals surface area contributed by atoms with Crippen LogP contribution < -0.4 is 0 Å². The summed E-state index contributed by atoms with van der Waals surface area (Å²) in [4.78, 5) is 0. The van der Waals surface area contributed by atoms with Crippen LogP contribution in [-0.4, -0.2) is 29.6 Å². The summed E-state index contributed by atoms with van der Waals surface area (Å²) in [5, 5.41) is 0. The fourth-order valence-corrected chi connectivity index (χ4v) is 3.63. The summed E-state index contributed by atoms with van der Waals surface area (Å²) >= 11 is 0. The number of hydrogen-bond donors (Lipinski definition) is 0. The Labute approximate surface area is 187 Å². The van der Waals surface area contributed by atoms with E-state index in [1.807, 2.05) is 0 Å². The van der Waals surface area contributed by atoms with Gasteiger partial charge < -0.3 is 0 Å². The van der Waals surface area contributed by atoms with E-state index in [1.54, 1.807) is 0 Å². The van der Waals surface area contributed by atoms with Crippen molar-refractivity contribution in [1.82, 2.24) is 0 Å². The maximum Gasteiger partial charge on any atom is 0 e. The molecule has 0 aliphatic heterocycles. The summed E-state index contributed by atoms with van der Waals surface area (Å²) in [6, 6.07) is 9.06. The standard InChI is InChI=1S/C25H44.Na/c1-3-4-5-6-7-8-9-10-11-12-13-14-15-16-17-18-19-25-22-20-24(2)21-23-25;/h20-23H,3-19H2,1-2H3;. The van der Waals surface area contributed by atoms with Crippen molar-refractivity contribution in [2.24, 2.45) is 0 Å². The van der Waals surface area contributed by atoms with Crippen molar-refractivity contribution < 1.29 is 0 Å². The van der Waals surface area contributed by atoms with Gasteiger partial charge in [-0.3, -0.25) is 0 Å². The summed E-state index contributed by atoms with van der Waals surface area (Å²) in [6.07, 6.45) is 24.4. The Bertz CT molecular complexity index is 382. The number of rotatable bonds is 17. The molecule has 0 heterocycles. The van der Waals surface area contributed by atoms with E-state index in [-0.39, 0.29) is 29.6 Å². The summed E-state index contributed by atoms with van der Waals surface area (Å²) < 4.78 is 0. The topological polar surface area (TPSA) is 0 Å². The molecule has 0 aromatic heterocycles. The summed E-state index contributed by atoms with van der Waals surface area (Å²) in [5.41, 5.74) is 2.88. The van der Waals surface area contributed by atoms with Gasteiger partial charge in [0, 0.05) is 29.6 Å². The van der Waals surface area contributed by atoms with Crippen molar-refractivity contribution in [3.8, 4) is 0 Å². The molecule has 0 saturated carbocycles. The van der Waals surface area contributed by atoms with Gasteiger partial charge in [0.15, 0.2) is 0 Å². The van der Waals surface area contributed by atoms with Crippen molar-refractivity contribution in [2.75, 3.05) is 0 Å². The van der Waals surface area contributed by atoms with E-state index in [1.165, 1.54) is 120 Å². The van der Waals surface area contributed by atoms with Crippen molar-refractivity contribution in [2.45, 2.75) is 123 Å². The molecule has 0 nitrogen and oxygen atoms in total. The first-order chi connectivity index (χ1) is 12.3. The molecule has 26 heavy (non-hydrogen) atoms. The van der Waals surface area contributed by atoms with E-state index in [4.69, 9.17) is 0 Å². The Kier molecular flexibility index (Phi) is 20.1. The van der Waals surface area contributed by atoms with Gasteiger partial charge in [0.2, 0.25) is 0 Å². The van der Waals surface area contributed by atoms with Crippen molar-refractivity contribution in [3.05, 3.63) is 35.4 Å². The minimum atomic E-state index is 0. The average molecular weight is 368 g/mol. The largest absolute Gasteiger partial charge is 0.0654 e. The summed E-state index contributed by atoms with van der Waals surface area (Å²) in [7, 11) is 0. The third-order valence-electron chi connectivity index (χ3n) is 5.44. The minimum Gasteiger partial charge on any atom is -0.0654 e. The second-order valence-corrected chi connectivity index (χ2v) is 8.04. The van der Waals surface area contributed by atoms with Gasteiger partial charge in [-0.1, -0.05) is 133 Å². The molecule has 0 saturated heterocycles. The molecule has 0 unspecified atom stereocenters. The molecule has 0 aliphatic carbocycles. The Morgan fingerprint density at radius 2 is 0.846 bits per heavy atom. The molecule has 0 N–H and O–H groups in total. The van der Waals surface area contributed by atoms with Crippen LogP contribution in [0.4, 0.5) is 0 Å². The molecule has 0 atom stereocenters. The maximum absolute atomic E-state index is 2.30. The van der Waals surface area contributed by atoms with E-state index in [0.717, 1.165) is 0 Å². The van der Waals surface area contributed by atoms with Crippen LogP contribution in [0.1, 0.15) is 121 Å². The molecule has 1 rings (SSSR count). The second kappa shape index (κ2) is 20.0. The Hall–Kier alpha value is 0.220. The molecule has 1 aromatic rings. The molecule has 1 radical (unpaired) electrons. The third kappa shape index (κ3) is 16.4. The van der Waals surface area contributed by atoms with Crippen LogP contribution in [0.3, 0.4) is 0 Å². The van der Waals surface area contributed by atoms with Crippen LogP contribution in [-0.2, 0) is 6.42 Å².